The third-order valence-electron chi connectivity index (χ3n) is 6.94. The minimum absolute atomic E-state index is 0.0403. The summed E-state index contributed by atoms with van der Waals surface area (Å²) in [6, 6.07) is 0. The van der Waals surface area contributed by atoms with Crippen molar-refractivity contribution in [2.75, 3.05) is 13.2 Å². The zero-order valence-corrected chi connectivity index (χ0v) is 16.1. The molecule has 5 nitrogen and oxygen atoms in total. The molecule has 0 spiro atoms. The predicted molar refractivity (Wildman–Crippen MR) is 99.4 cm³/mol. The van der Waals surface area contributed by atoms with E-state index in [9.17, 15) is 9.59 Å². The normalized spacial score (nSPS) is 31.1. The third-order valence-corrected chi connectivity index (χ3v) is 6.94. The van der Waals surface area contributed by atoms with E-state index >= 15 is 0 Å². The summed E-state index contributed by atoms with van der Waals surface area (Å²) in [6.07, 6.45) is 12.1. The first-order chi connectivity index (χ1) is 12.5. The third kappa shape index (κ3) is 4.59. The fourth-order valence-electron chi connectivity index (χ4n) is 4.75. The molecule has 4 saturated carbocycles. The van der Waals surface area contributed by atoms with E-state index in [4.69, 9.17) is 4.74 Å². The van der Waals surface area contributed by atoms with Crippen molar-refractivity contribution in [2.45, 2.75) is 82.8 Å². The van der Waals surface area contributed by atoms with E-state index in [1.807, 2.05) is 0 Å². The van der Waals surface area contributed by atoms with Crippen molar-refractivity contribution < 1.29 is 14.3 Å². The molecule has 0 aromatic heterocycles. The summed E-state index contributed by atoms with van der Waals surface area (Å²) in [7, 11) is 0. The lowest BCUT2D eigenvalue weighted by Gasteiger charge is -2.32. The summed E-state index contributed by atoms with van der Waals surface area (Å²) in [5.41, 5.74) is -0.341. The molecule has 5 heteroatoms. The summed E-state index contributed by atoms with van der Waals surface area (Å²) in [4.78, 5) is 24.8. The molecule has 4 fully saturated rings. The van der Waals surface area contributed by atoms with Crippen molar-refractivity contribution in [1.29, 1.82) is 0 Å². The largest absolute Gasteiger partial charge is 0.368 e. The summed E-state index contributed by atoms with van der Waals surface area (Å²) in [6.45, 7) is 2.77. The summed E-state index contributed by atoms with van der Waals surface area (Å²) >= 11 is 0. The van der Waals surface area contributed by atoms with Crippen LogP contribution in [0.25, 0.3) is 0 Å². The van der Waals surface area contributed by atoms with Crippen molar-refractivity contribution >= 4 is 11.8 Å². The van der Waals surface area contributed by atoms with Crippen LogP contribution >= 0.6 is 0 Å². The second-order valence-corrected chi connectivity index (χ2v) is 9.37. The molecule has 0 heterocycles. The van der Waals surface area contributed by atoms with Crippen LogP contribution in [0.5, 0.6) is 0 Å². The Balaban J connectivity index is 1.21. The molecular formula is C21H34N2O3. The lowest BCUT2D eigenvalue weighted by Crippen LogP contribution is -2.56. The number of amides is 2. The van der Waals surface area contributed by atoms with Crippen LogP contribution < -0.4 is 10.6 Å². The van der Waals surface area contributed by atoms with Gasteiger partial charge in [-0.05, 0) is 69.6 Å². The van der Waals surface area contributed by atoms with Gasteiger partial charge in [-0.2, -0.15) is 0 Å². The van der Waals surface area contributed by atoms with Crippen LogP contribution in [-0.4, -0.2) is 36.6 Å². The fourth-order valence-corrected chi connectivity index (χ4v) is 4.75. The molecule has 1 unspecified atom stereocenters. The fraction of sp³-hybridized carbons (Fsp3) is 0.905. The first-order valence-corrected chi connectivity index (χ1v) is 10.8. The van der Waals surface area contributed by atoms with Crippen molar-refractivity contribution in [1.82, 2.24) is 10.6 Å². The maximum Gasteiger partial charge on any atom is 0.246 e. The molecule has 0 bridgehead atoms. The van der Waals surface area contributed by atoms with Gasteiger partial charge in [0, 0.05) is 12.5 Å². The van der Waals surface area contributed by atoms with Gasteiger partial charge < -0.3 is 15.4 Å². The number of rotatable bonds is 9. The van der Waals surface area contributed by atoms with Crippen LogP contribution in [0.4, 0.5) is 0 Å². The molecule has 146 valence electrons. The Morgan fingerprint density at radius 2 is 1.77 bits per heavy atom. The number of hydrogen-bond acceptors (Lipinski definition) is 3. The molecule has 2 N–H and O–H groups in total. The molecule has 2 amide bonds. The number of carbonyl (C=O) groups is 2. The standard InChI is InChI=1S/C21H34N2O3/c1-21(15-9-10-15,13-22-20(25)18-11-17(18)14-7-8-14)23-19(24)12-26-16-5-3-2-4-6-16/h14-18H,2-13H2,1H3,(H,22,25)(H,23,24)/t17-,18+,21?/m0/s1. The van der Waals surface area contributed by atoms with Crippen LogP contribution in [0.15, 0.2) is 0 Å². The Morgan fingerprint density at radius 3 is 2.42 bits per heavy atom. The molecule has 4 aliphatic carbocycles. The molecule has 0 radical (unpaired) electrons. The number of nitrogens with one attached hydrogen (secondary N) is 2. The van der Waals surface area contributed by atoms with Crippen molar-refractivity contribution in [3.63, 3.8) is 0 Å². The van der Waals surface area contributed by atoms with E-state index in [-0.39, 0.29) is 36.0 Å². The van der Waals surface area contributed by atoms with Gasteiger partial charge in [0.05, 0.1) is 11.6 Å². The van der Waals surface area contributed by atoms with Gasteiger partial charge in [-0.25, -0.2) is 0 Å². The Hall–Kier alpha value is -1.10. The van der Waals surface area contributed by atoms with Gasteiger partial charge in [-0.15, -0.1) is 0 Å². The second-order valence-electron chi connectivity index (χ2n) is 9.37. The van der Waals surface area contributed by atoms with E-state index in [0.29, 0.717) is 18.4 Å². The highest BCUT2D eigenvalue weighted by Gasteiger charge is 2.51. The highest BCUT2D eigenvalue weighted by Crippen LogP contribution is 2.54. The van der Waals surface area contributed by atoms with Crippen molar-refractivity contribution in [3.05, 3.63) is 0 Å². The Kier molecular flexibility index (Phi) is 5.27. The van der Waals surface area contributed by atoms with E-state index < -0.39 is 0 Å². The summed E-state index contributed by atoms with van der Waals surface area (Å²) in [5, 5.41) is 6.31. The Morgan fingerprint density at radius 1 is 1.04 bits per heavy atom. The zero-order valence-electron chi connectivity index (χ0n) is 16.1. The van der Waals surface area contributed by atoms with Gasteiger partial charge in [0.1, 0.15) is 6.61 Å². The van der Waals surface area contributed by atoms with Crippen LogP contribution in [0, 0.1) is 23.7 Å². The molecule has 0 aliphatic heterocycles. The maximum absolute atomic E-state index is 12.4. The van der Waals surface area contributed by atoms with Crippen LogP contribution in [-0.2, 0) is 14.3 Å². The lowest BCUT2D eigenvalue weighted by atomic mass is 9.95. The Bertz CT molecular complexity index is 537. The molecule has 0 saturated heterocycles. The van der Waals surface area contributed by atoms with E-state index in [1.165, 1.54) is 32.1 Å². The van der Waals surface area contributed by atoms with Crippen LogP contribution in [0.3, 0.4) is 0 Å². The lowest BCUT2D eigenvalue weighted by molar-refractivity contribution is -0.131. The first kappa shape index (κ1) is 18.3. The molecule has 3 atom stereocenters. The highest BCUT2D eigenvalue weighted by molar-refractivity contribution is 5.82. The van der Waals surface area contributed by atoms with Crippen molar-refractivity contribution in [2.24, 2.45) is 23.7 Å². The van der Waals surface area contributed by atoms with Gasteiger partial charge in [0.25, 0.3) is 0 Å². The topological polar surface area (TPSA) is 67.4 Å². The smallest absolute Gasteiger partial charge is 0.246 e. The van der Waals surface area contributed by atoms with Crippen LogP contribution in [0.1, 0.15) is 71.1 Å². The minimum atomic E-state index is -0.341. The van der Waals surface area contributed by atoms with E-state index in [1.54, 1.807) is 0 Å². The monoisotopic (exact) mass is 362 g/mol. The number of hydrogen-bond donors (Lipinski definition) is 2. The maximum atomic E-state index is 12.4. The first-order valence-electron chi connectivity index (χ1n) is 10.8. The molecule has 4 rings (SSSR count). The van der Waals surface area contributed by atoms with Gasteiger partial charge >= 0.3 is 0 Å². The molecule has 4 aliphatic rings. The van der Waals surface area contributed by atoms with Gasteiger partial charge in [0.2, 0.25) is 11.8 Å². The quantitative estimate of drug-likeness (QED) is 0.663. The van der Waals surface area contributed by atoms with Gasteiger partial charge in [0.15, 0.2) is 0 Å². The SMILES string of the molecule is CC(CNC(=O)[C@@H]1C[C@H]1C1CC1)(NC(=O)COC1CCCCC1)C1CC1. The minimum Gasteiger partial charge on any atom is -0.368 e. The average Bonchev–Trinajstić information content (AvgIpc) is 3.51. The highest BCUT2D eigenvalue weighted by atomic mass is 16.5. The molecule has 0 aromatic rings. The molecule has 0 aromatic carbocycles. The van der Waals surface area contributed by atoms with Crippen LogP contribution in [0.2, 0.25) is 0 Å². The van der Waals surface area contributed by atoms with E-state index in [0.717, 1.165) is 38.0 Å². The second kappa shape index (κ2) is 7.49. The number of ether oxygens (including phenoxy) is 1. The Labute approximate surface area is 157 Å². The van der Waals surface area contributed by atoms with Gasteiger partial charge in [-0.1, -0.05) is 19.3 Å². The van der Waals surface area contributed by atoms with Gasteiger partial charge in [-0.3, -0.25) is 9.59 Å². The van der Waals surface area contributed by atoms with Crippen molar-refractivity contribution in [3.8, 4) is 0 Å². The predicted octanol–water partition coefficient (Wildman–Crippen LogP) is 2.78. The molecular weight excluding hydrogens is 328 g/mol. The summed E-state index contributed by atoms with van der Waals surface area (Å²) < 4.78 is 5.81. The summed E-state index contributed by atoms with van der Waals surface area (Å²) in [5.74, 6) is 2.32. The van der Waals surface area contributed by atoms with E-state index in [2.05, 4.69) is 17.6 Å². The average molecular weight is 363 g/mol. The zero-order chi connectivity index (χ0) is 18.1. The molecule has 26 heavy (non-hydrogen) atoms. The number of carbonyl (C=O) groups excluding carboxylic acids is 2.